The molecule has 28 heavy (non-hydrogen) atoms. The molecule has 1 saturated carbocycles. The Hall–Kier alpha value is -2.03. The molecule has 1 aromatic heterocycles. The van der Waals surface area contributed by atoms with E-state index in [0.717, 1.165) is 10.7 Å². The number of hydrogen-bond acceptors (Lipinski definition) is 8. The van der Waals surface area contributed by atoms with Crippen LogP contribution >= 0.6 is 0 Å². The second-order valence-corrected chi connectivity index (χ2v) is 9.32. The quantitative estimate of drug-likeness (QED) is 0.711. The number of hydrogen-bond donors (Lipinski definition) is 2. The van der Waals surface area contributed by atoms with Crippen LogP contribution < -0.4 is 10.1 Å². The molecule has 1 aliphatic carbocycles. The van der Waals surface area contributed by atoms with Gasteiger partial charge in [-0.1, -0.05) is 0 Å². The molecular weight excluding hydrogens is 389 g/mol. The number of anilines is 1. The van der Waals surface area contributed by atoms with E-state index < -0.39 is 27.7 Å². The van der Waals surface area contributed by atoms with Crippen LogP contribution in [0.2, 0.25) is 0 Å². The lowest BCUT2D eigenvalue weighted by Crippen LogP contribution is -2.43. The fourth-order valence-electron chi connectivity index (χ4n) is 3.57. The number of rotatable bonds is 6. The Morgan fingerprint density at radius 2 is 2.18 bits per heavy atom. The lowest BCUT2D eigenvalue weighted by molar-refractivity contribution is -0.0271. The first kappa shape index (κ1) is 20.7. The van der Waals surface area contributed by atoms with Gasteiger partial charge in [0.25, 0.3) is 0 Å². The minimum absolute atomic E-state index is 0.0820. The van der Waals surface area contributed by atoms with Crippen molar-refractivity contribution in [2.24, 2.45) is 0 Å². The van der Waals surface area contributed by atoms with Crippen LogP contribution in [-0.2, 0) is 10.0 Å². The van der Waals surface area contributed by atoms with Crippen LogP contribution in [0.4, 0.5) is 10.3 Å². The zero-order valence-electron chi connectivity index (χ0n) is 15.6. The van der Waals surface area contributed by atoms with E-state index in [-0.39, 0.29) is 36.5 Å². The summed E-state index contributed by atoms with van der Waals surface area (Å²) < 4.78 is 42.8. The number of aromatic nitrogens is 2. The van der Waals surface area contributed by atoms with Crippen LogP contribution in [0.25, 0.3) is 0 Å². The summed E-state index contributed by atoms with van der Waals surface area (Å²) in [5, 5.41) is 22.8. The van der Waals surface area contributed by atoms with Crippen molar-refractivity contribution in [1.82, 2.24) is 14.3 Å². The van der Waals surface area contributed by atoms with E-state index in [9.17, 15) is 23.2 Å². The van der Waals surface area contributed by atoms with Gasteiger partial charge in [-0.2, -0.15) is 14.6 Å². The van der Waals surface area contributed by atoms with Crippen molar-refractivity contribution >= 4 is 16.0 Å². The van der Waals surface area contributed by atoms with E-state index in [4.69, 9.17) is 4.74 Å². The maximum Gasteiger partial charge on any atom is 0.243 e. The average Bonchev–Trinajstić information content (AvgIpc) is 3.00. The van der Waals surface area contributed by atoms with Crippen molar-refractivity contribution in [3.8, 4) is 11.9 Å². The van der Waals surface area contributed by atoms with E-state index >= 15 is 0 Å². The van der Waals surface area contributed by atoms with Crippen LogP contribution in [-0.4, -0.2) is 64.6 Å². The predicted molar refractivity (Wildman–Crippen MR) is 98.8 cm³/mol. The molecule has 1 aromatic rings. The largest absolute Gasteiger partial charge is 0.470 e. The van der Waals surface area contributed by atoms with Crippen LogP contribution in [0.5, 0.6) is 5.88 Å². The topological polar surface area (TPSA) is 128 Å². The minimum Gasteiger partial charge on any atom is -0.470 e. The molecule has 2 heterocycles. The molecule has 11 heteroatoms. The number of aliphatic hydroxyl groups is 1. The van der Waals surface area contributed by atoms with Gasteiger partial charge < -0.3 is 15.2 Å². The van der Waals surface area contributed by atoms with Gasteiger partial charge >= 0.3 is 0 Å². The molecule has 154 valence electrons. The molecule has 0 bridgehead atoms. The summed E-state index contributed by atoms with van der Waals surface area (Å²) in [7, 11) is -3.83. The second kappa shape index (κ2) is 8.14. The fourth-order valence-corrected chi connectivity index (χ4v) is 4.48. The van der Waals surface area contributed by atoms with Crippen molar-refractivity contribution in [3.63, 3.8) is 0 Å². The maximum absolute atomic E-state index is 12.6. The van der Waals surface area contributed by atoms with E-state index in [1.807, 2.05) is 6.07 Å². The van der Waals surface area contributed by atoms with Crippen LogP contribution in [0, 0.1) is 11.3 Å². The summed E-state index contributed by atoms with van der Waals surface area (Å²) in [5.41, 5.74) is -0.794. The van der Waals surface area contributed by atoms with E-state index in [2.05, 4.69) is 15.3 Å². The third-order valence-corrected chi connectivity index (χ3v) is 6.72. The van der Waals surface area contributed by atoms with Crippen molar-refractivity contribution in [3.05, 3.63) is 11.8 Å². The van der Waals surface area contributed by atoms with Crippen molar-refractivity contribution in [2.45, 2.75) is 56.8 Å². The normalized spacial score (nSPS) is 26.7. The molecule has 1 saturated heterocycles. The molecule has 2 aliphatic rings. The molecule has 2 N–H and O–H groups in total. The lowest BCUT2D eigenvalue weighted by atomic mass is 10.0. The molecule has 2 fully saturated rings. The Bertz CT molecular complexity index is 850. The van der Waals surface area contributed by atoms with Gasteiger partial charge in [-0.05, 0) is 39.0 Å². The number of alkyl halides is 1. The van der Waals surface area contributed by atoms with Gasteiger partial charge in [0.05, 0.1) is 11.8 Å². The number of sulfonamides is 1. The van der Waals surface area contributed by atoms with Crippen molar-refractivity contribution in [2.75, 3.05) is 24.4 Å². The molecule has 0 aromatic carbocycles. The van der Waals surface area contributed by atoms with Gasteiger partial charge in [0.1, 0.15) is 17.7 Å². The number of nitriles is 1. The first-order valence-electron chi connectivity index (χ1n) is 9.21. The van der Waals surface area contributed by atoms with Gasteiger partial charge in [0.15, 0.2) is 0 Å². The van der Waals surface area contributed by atoms with E-state index in [1.165, 1.54) is 6.20 Å². The first-order valence-corrected chi connectivity index (χ1v) is 10.8. The highest BCUT2D eigenvalue weighted by Crippen LogP contribution is 2.33. The molecular formula is C17H24FN5O4S. The summed E-state index contributed by atoms with van der Waals surface area (Å²) in [6.07, 6.45) is 4.00. The van der Waals surface area contributed by atoms with E-state index in [1.54, 1.807) is 6.92 Å². The Balaban J connectivity index is 1.66. The molecule has 0 unspecified atom stereocenters. The number of nitrogens with one attached hydrogen (secondary N) is 1. The predicted octanol–water partition coefficient (Wildman–Crippen LogP) is 1.16. The summed E-state index contributed by atoms with van der Waals surface area (Å²) in [4.78, 5) is 8.40. The fraction of sp³-hybridized carbons (Fsp3) is 0.706. The Kier molecular flexibility index (Phi) is 6.02. The third-order valence-electron chi connectivity index (χ3n) is 5.29. The Morgan fingerprint density at radius 3 is 2.75 bits per heavy atom. The van der Waals surface area contributed by atoms with Gasteiger partial charge in [-0.25, -0.2) is 17.8 Å². The smallest absolute Gasteiger partial charge is 0.243 e. The zero-order valence-corrected chi connectivity index (χ0v) is 16.5. The number of piperidine rings is 1. The lowest BCUT2D eigenvalue weighted by Gasteiger charge is -2.31. The van der Waals surface area contributed by atoms with Gasteiger partial charge in [0.2, 0.25) is 27.9 Å². The highest BCUT2D eigenvalue weighted by Gasteiger charge is 2.39. The minimum atomic E-state index is -3.83. The molecule has 0 radical (unpaired) electrons. The van der Waals surface area contributed by atoms with Crippen LogP contribution in [0.1, 0.15) is 44.6 Å². The monoisotopic (exact) mass is 413 g/mol. The Morgan fingerprint density at radius 1 is 1.46 bits per heavy atom. The standard InChI is InChI=1S/C17H24FN5O4S/c1-17(24)6-2-3-14(17)27-15-12(9-19)10-20-16(22-15)21-13-4-7-23(8-5-13)28(25,26)11-18/h10,13-14,24H,2-8,11H2,1H3,(H,20,21,22)/t14-,17+/m0/s1. The summed E-state index contributed by atoms with van der Waals surface area (Å²) in [6.45, 7) is 2.14. The summed E-state index contributed by atoms with van der Waals surface area (Å²) in [5.74, 6) is 0.378. The maximum atomic E-state index is 12.6. The summed E-state index contributed by atoms with van der Waals surface area (Å²) in [6, 6.07) is 0.513. The Labute approximate surface area is 163 Å². The van der Waals surface area contributed by atoms with E-state index in [0.29, 0.717) is 25.7 Å². The van der Waals surface area contributed by atoms with Crippen molar-refractivity contribution < 1.29 is 22.7 Å². The molecule has 0 spiro atoms. The number of ether oxygens (including phenoxy) is 1. The molecule has 3 rings (SSSR count). The van der Waals surface area contributed by atoms with Gasteiger partial charge in [-0.15, -0.1) is 0 Å². The second-order valence-electron chi connectivity index (χ2n) is 7.42. The third kappa shape index (κ3) is 4.51. The SMILES string of the molecule is C[C@@]1(O)CCC[C@@H]1Oc1nc(NC2CCN(S(=O)(=O)CF)CC2)ncc1C#N. The average molecular weight is 413 g/mol. The van der Waals surface area contributed by atoms with Gasteiger partial charge in [0, 0.05) is 19.1 Å². The molecule has 0 amide bonds. The highest BCUT2D eigenvalue weighted by molar-refractivity contribution is 7.88. The van der Waals surface area contributed by atoms with Crippen LogP contribution in [0.15, 0.2) is 6.20 Å². The molecule has 9 nitrogen and oxygen atoms in total. The van der Waals surface area contributed by atoms with Crippen molar-refractivity contribution in [1.29, 1.82) is 5.26 Å². The molecule has 1 aliphatic heterocycles. The van der Waals surface area contributed by atoms with Crippen LogP contribution in [0.3, 0.4) is 0 Å². The zero-order chi connectivity index (χ0) is 20.4. The highest BCUT2D eigenvalue weighted by atomic mass is 32.2. The summed E-state index contributed by atoms with van der Waals surface area (Å²) >= 11 is 0. The molecule has 2 atom stereocenters. The number of nitrogens with zero attached hydrogens (tertiary/aromatic N) is 4. The first-order chi connectivity index (χ1) is 13.2. The van der Waals surface area contributed by atoms with Gasteiger partial charge in [-0.3, -0.25) is 0 Å². The number of halogens is 1.